The lowest BCUT2D eigenvalue weighted by atomic mass is 10.3. The van der Waals surface area contributed by atoms with Gasteiger partial charge < -0.3 is 20.4 Å². The molecule has 1 rings (SSSR count). The molecule has 1 aromatic heterocycles. The summed E-state index contributed by atoms with van der Waals surface area (Å²) in [6.45, 7) is 6.47. The molecule has 0 atom stereocenters. The first-order chi connectivity index (χ1) is 9.72. The molecule has 1 amide bonds. The Labute approximate surface area is 120 Å². The number of hydrogen-bond acceptors (Lipinski definition) is 3. The van der Waals surface area contributed by atoms with Crippen LogP contribution in [0.4, 0.5) is 0 Å². The fourth-order valence-corrected chi connectivity index (χ4v) is 1.64. The van der Waals surface area contributed by atoms with Crippen molar-refractivity contribution in [2.75, 3.05) is 26.2 Å². The first-order valence-corrected chi connectivity index (χ1v) is 7.01. The van der Waals surface area contributed by atoms with Gasteiger partial charge in [-0.25, -0.2) is 0 Å². The van der Waals surface area contributed by atoms with Crippen LogP contribution in [0.2, 0.25) is 0 Å². The van der Waals surface area contributed by atoms with Gasteiger partial charge in [-0.15, -0.1) is 0 Å². The fraction of sp³-hybridized carbons (Fsp3) is 0.571. The molecule has 0 saturated carbocycles. The van der Waals surface area contributed by atoms with Gasteiger partial charge in [0, 0.05) is 39.5 Å². The highest BCUT2D eigenvalue weighted by Gasteiger charge is 1.99. The summed E-state index contributed by atoms with van der Waals surface area (Å²) in [6, 6.07) is 3.84. The van der Waals surface area contributed by atoms with Crippen molar-refractivity contribution >= 4 is 11.9 Å². The smallest absolute Gasteiger partial charge is 0.216 e. The van der Waals surface area contributed by atoms with Crippen molar-refractivity contribution in [3.8, 4) is 0 Å². The van der Waals surface area contributed by atoms with E-state index in [4.69, 9.17) is 4.42 Å². The average molecular weight is 280 g/mol. The minimum absolute atomic E-state index is 0.00235. The van der Waals surface area contributed by atoms with Crippen LogP contribution in [-0.2, 0) is 11.2 Å². The van der Waals surface area contributed by atoms with Crippen LogP contribution >= 0.6 is 0 Å². The minimum atomic E-state index is -0.00235. The zero-order valence-electron chi connectivity index (χ0n) is 12.2. The van der Waals surface area contributed by atoms with Gasteiger partial charge in [0.1, 0.15) is 5.76 Å². The topological polar surface area (TPSA) is 78.7 Å². The van der Waals surface area contributed by atoms with E-state index in [0.717, 1.165) is 37.7 Å². The van der Waals surface area contributed by atoms with Gasteiger partial charge in [0.2, 0.25) is 5.91 Å². The van der Waals surface area contributed by atoms with Crippen molar-refractivity contribution in [2.45, 2.75) is 26.7 Å². The summed E-state index contributed by atoms with van der Waals surface area (Å²) in [7, 11) is 0. The van der Waals surface area contributed by atoms with Crippen LogP contribution < -0.4 is 16.0 Å². The van der Waals surface area contributed by atoms with E-state index in [-0.39, 0.29) is 5.91 Å². The van der Waals surface area contributed by atoms with Gasteiger partial charge in [0.25, 0.3) is 0 Å². The van der Waals surface area contributed by atoms with E-state index in [9.17, 15) is 4.79 Å². The number of carbonyl (C=O) groups excluding carboxylic acids is 1. The Bertz CT molecular complexity index is 401. The maximum absolute atomic E-state index is 10.7. The molecule has 112 valence electrons. The lowest BCUT2D eigenvalue weighted by Gasteiger charge is -2.10. The van der Waals surface area contributed by atoms with Crippen LogP contribution in [0, 0.1) is 0 Å². The fourth-order valence-electron chi connectivity index (χ4n) is 1.64. The summed E-state index contributed by atoms with van der Waals surface area (Å²) in [5.74, 6) is 1.75. The third-order valence-electron chi connectivity index (χ3n) is 2.57. The molecule has 0 bridgehead atoms. The normalized spacial score (nSPS) is 11.2. The largest absolute Gasteiger partial charge is 0.469 e. The lowest BCUT2D eigenvalue weighted by Crippen LogP contribution is -2.38. The maximum Gasteiger partial charge on any atom is 0.216 e. The molecule has 0 fully saturated rings. The summed E-state index contributed by atoms with van der Waals surface area (Å²) >= 11 is 0. The predicted octanol–water partition coefficient (Wildman–Crippen LogP) is 0.903. The number of hydrogen-bond donors (Lipinski definition) is 3. The van der Waals surface area contributed by atoms with E-state index in [0.29, 0.717) is 13.1 Å². The standard InChI is InChI=1S/C14H24N4O2/c1-3-15-14(17-9-5-8-16-12(2)19)18-10-7-13-6-4-11-20-13/h4,6,11H,3,5,7-10H2,1-2H3,(H,16,19)(H2,15,17,18). The molecule has 3 N–H and O–H groups in total. The van der Waals surface area contributed by atoms with Crippen molar-refractivity contribution in [3.63, 3.8) is 0 Å². The number of aliphatic imine (C=N–C) groups is 1. The van der Waals surface area contributed by atoms with Crippen molar-refractivity contribution in [3.05, 3.63) is 24.2 Å². The van der Waals surface area contributed by atoms with Gasteiger partial charge in [-0.2, -0.15) is 0 Å². The van der Waals surface area contributed by atoms with Gasteiger partial charge in [-0.1, -0.05) is 0 Å². The van der Waals surface area contributed by atoms with Crippen LogP contribution in [0.1, 0.15) is 26.0 Å². The number of furan rings is 1. The molecular weight excluding hydrogens is 256 g/mol. The second-order valence-electron chi connectivity index (χ2n) is 4.35. The third kappa shape index (κ3) is 7.45. The van der Waals surface area contributed by atoms with Crippen LogP contribution in [0.15, 0.2) is 27.8 Å². The number of nitrogens with one attached hydrogen (secondary N) is 3. The average Bonchev–Trinajstić information content (AvgIpc) is 2.91. The molecular formula is C14H24N4O2. The van der Waals surface area contributed by atoms with Crippen molar-refractivity contribution < 1.29 is 9.21 Å². The molecule has 0 aliphatic carbocycles. The molecule has 1 heterocycles. The quantitative estimate of drug-likeness (QED) is 0.376. The molecule has 0 spiro atoms. The Morgan fingerprint density at radius 3 is 2.80 bits per heavy atom. The lowest BCUT2D eigenvalue weighted by molar-refractivity contribution is -0.118. The molecule has 0 radical (unpaired) electrons. The predicted molar refractivity (Wildman–Crippen MR) is 79.7 cm³/mol. The first-order valence-electron chi connectivity index (χ1n) is 7.01. The number of rotatable bonds is 8. The Kier molecular flexibility index (Phi) is 7.95. The Hall–Kier alpha value is -1.98. The summed E-state index contributed by atoms with van der Waals surface area (Å²) in [5, 5.41) is 9.19. The highest BCUT2D eigenvalue weighted by atomic mass is 16.3. The molecule has 0 saturated heterocycles. The van der Waals surface area contributed by atoms with E-state index in [1.165, 1.54) is 6.92 Å². The summed E-state index contributed by atoms with van der Waals surface area (Å²) < 4.78 is 5.27. The zero-order chi connectivity index (χ0) is 14.6. The highest BCUT2D eigenvalue weighted by molar-refractivity contribution is 5.79. The molecule has 0 aromatic carbocycles. The molecule has 0 aliphatic heterocycles. The second kappa shape index (κ2) is 9.89. The molecule has 20 heavy (non-hydrogen) atoms. The van der Waals surface area contributed by atoms with Crippen molar-refractivity contribution in [2.24, 2.45) is 4.99 Å². The second-order valence-corrected chi connectivity index (χ2v) is 4.35. The zero-order valence-corrected chi connectivity index (χ0v) is 12.2. The highest BCUT2D eigenvalue weighted by Crippen LogP contribution is 1.99. The summed E-state index contributed by atoms with van der Waals surface area (Å²) in [6.07, 6.45) is 3.33. The first kappa shape index (κ1) is 16.1. The Balaban J connectivity index is 2.22. The maximum atomic E-state index is 10.7. The van der Waals surface area contributed by atoms with Gasteiger partial charge in [-0.05, 0) is 25.5 Å². The van der Waals surface area contributed by atoms with Crippen molar-refractivity contribution in [1.82, 2.24) is 16.0 Å². The molecule has 0 aliphatic rings. The Morgan fingerprint density at radius 2 is 2.15 bits per heavy atom. The molecule has 6 nitrogen and oxygen atoms in total. The number of amides is 1. The Morgan fingerprint density at radius 1 is 1.30 bits per heavy atom. The number of carbonyl (C=O) groups is 1. The number of nitrogens with zero attached hydrogens (tertiary/aromatic N) is 1. The monoisotopic (exact) mass is 280 g/mol. The van der Waals surface area contributed by atoms with E-state index in [1.54, 1.807) is 6.26 Å². The van der Waals surface area contributed by atoms with E-state index in [1.807, 2.05) is 19.1 Å². The van der Waals surface area contributed by atoms with Gasteiger partial charge in [0.15, 0.2) is 5.96 Å². The molecule has 0 unspecified atom stereocenters. The van der Waals surface area contributed by atoms with E-state index in [2.05, 4.69) is 20.9 Å². The van der Waals surface area contributed by atoms with Crippen LogP contribution in [0.25, 0.3) is 0 Å². The number of guanidine groups is 1. The molecule has 6 heteroatoms. The third-order valence-corrected chi connectivity index (χ3v) is 2.57. The van der Waals surface area contributed by atoms with Crippen LogP contribution in [0.5, 0.6) is 0 Å². The minimum Gasteiger partial charge on any atom is -0.469 e. The van der Waals surface area contributed by atoms with Gasteiger partial charge >= 0.3 is 0 Å². The van der Waals surface area contributed by atoms with E-state index < -0.39 is 0 Å². The van der Waals surface area contributed by atoms with Crippen LogP contribution in [-0.4, -0.2) is 38.0 Å². The van der Waals surface area contributed by atoms with Crippen molar-refractivity contribution in [1.29, 1.82) is 0 Å². The summed E-state index contributed by atoms with van der Waals surface area (Å²) in [5.41, 5.74) is 0. The molecule has 1 aromatic rings. The van der Waals surface area contributed by atoms with E-state index >= 15 is 0 Å². The SMILES string of the molecule is CCNC(=NCCCNC(C)=O)NCCc1ccco1. The summed E-state index contributed by atoms with van der Waals surface area (Å²) in [4.78, 5) is 15.2. The van der Waals surface area contributed by atoms with Gasteiger partial charge in [-0.3, -0.25) is 9.79 Å². The van der Waals surface area contributed by atoms with Gasteiger partial charge in [0.05, 0.1) is 6.26 Å². The van der Waals surface area contributed by atoms with Crippen LogP contribution in [0.3, 0.4) is 0 Å².